The van der Waals surface area contributed by atoms with Crippen LogP contribution in [0.3, 0.4) is 0 Å². The van der Waals surface area contributed by atoms with Crippen LogP contribution in [0.1, 0.15) is 219 Å². The summed E-state index contributed by atoms with van der Waals surface area (Å²) in [6.45, 7) is 7.65. The molecule has 2 N–H and O–H groups in total. The molecule has 0 saturated carbocycles. The first kappa shape index (κ1) is 50.0. The zero-order valence-corrected chi connectivity index (χ0v) is 35.1. The van der Waals surface area contributed by atoms with Crippen LogP contribution in [0.2, 0.25) is 0 Å². The molecule has 0 aromatic heterocycles. The van der Waals surface area contributed by atoms with Crippen molar-refractivity contribution in [3.8, 4) is 0 Å². The molecule has 0 fully saturated rings. The molecule has 1 heterocycles. The van der Waals surface area contributed by atoms with E-state index in [9.17, 15) is 17.8 Å². The van der Waals surface area contributed by atoms with Crippen LogP contribution >= 0.6 is 0 Å². The maximum atomic E-state index is 12.3. The molecule has 9 heteroatoms. The molecule has 51 heavy (non-hydrogen) atoms. The average Bonchev–Trinajstić information content (AvgIpc) is 3.47. The van der Waals surface area contributed by atoms with E-state index >= 15 is 0 Å². The summed E-state index contributed by atoms with van der Waals surface area (Å²) in [5, 5.41) is 0. The van der Waals surface area contributed by atoms with Crippen LogP contribution in [0.15, 0.2) is 4.99 Å². The number of carbonyl (C=O) groups excluding carboxylic acids is 1. The van der Waals surface area contributed by atoms with Gasteiger partial charge in [-0.05, 0) is 12.8 Å². The van der Waals surface area contributed by atoms with Crippen molar-refractivity contribution in [3.05, 3.63) is 0 Å². The van der Waals surface area contributed by atoms with E-state index in [1.54, 1.807) is 0 Å². The Labute approximate surface area is 317 Å². The Hall–Kier alpha value is -1.03. The van der Waals surface area contributed by atoms with E-state index in [4.69, 9.17) is 10.7 Å². The molecule has 2 atom stereocenters. The first-order chi connectivity index (χ1) is 24.6. The lowest BCUT2D eigenvalue weighted by Crippen LogP contribution is -2.48. The minimum absolute atomic E-state index is 0.0323. The molecule has 0 aromatic rings. The van der Waals surface area contributed by atoms with Gasteiger partial charge < -0.3 is 10.3 Å². The Morgan fingerprint density at radius 1 is 0.667 bits per heavy atom. The van der Waals surface area contributed by atoms with Crippen molar-refractivity contribution in [1.29, 1.82) is 0 Å². The number of carbonyl (C=O) groups is 1. The quantitative estimate of drug-likeness (QED) is 0.0296. The van der Waals surface area contributed by atoms with Gasteiger partial charge in [-0.15, -0.1) is 0 Å². The number of amidine groups is 1. The predicted molar refractivity (Wildman–Crippen MR) is 217 cm³/mol. The van der Waals surface area contributed by atoms with Crippen LogP contribution in [0.5, 0.6) is 0 Å². The molecule has 304 valence electrons. The van der Waals surface area contributed by atoms with Gasteiger partial charge in [0.2, 0.25) is 16.3 Å². The zero-order chi connectivity index (χ0) is 37.9. The predicted octanol–water partition coefficient (Wildman–Crippen LogP) is 11.6. The number of quaternary nitrogens is 1. The number of hydrogen-bond acceptors (Lipinski definition) is 6. The number of nitrogens with zero attached hydrogens (tertiary/aromatic N) is 2. The van der Waals surface area contributed by atoms with Crippen molar-refractivity contribution in [2.45, 2.75) is 219 Å². The molecular weight excluding hydrogens is 659 g/mol. The molecule has 1 rings (SSSR count). The maximum absolute atomic E-state index is 12.3. The van der Waals surface area contributed by atoms with Gasteiger partial charge in [-0.1, -0.05) is 194 Å². The van der Waals surface area contributed by atoms with Crippen LogP contribution < -0.4 is 5.73 Å². The number of unbranched alkanes of at least 4 members (excludes halogenated alkanes) is 27. The van der Waals surface area contributed by atoms with Crippen molar-refractivity contribution in [2.75, 3.05) is 33.8 Å². The smallest absolute Gasteiger partial charge is 0.220 e. The zero-order valence-electron chi connectivity index (χ0n) is 34.2. The Kier molecular flexibility index (Phi) is 34.0. The fourth-order valence-electron chi connectivity index (χ4n) is 7.40. The lowest BCUT2D eigenvalue weighted by atomic mass is 9.95. The Bertz CT molecular complexity index is 929. The average molecular weight is 744 g/mol. The Balaban J connectivity index is 0.00000381. The fraction of sp³-hybridized carbons (Fsp3) is 0.952. The summed E-state index contributed by atoms with van der Waals surface area (Å²) in [4.78, 5) is 17.2. The number of likely N-dealkylation sites (N-methyl/N-ethyl adjacent to an activating group) is 1. The van der Waals surface area contributed by atoms with Gasteiger partial charge in [0.25, 0.3) is 0 Å². The minimum Gasteiger partial charge on any atom is -0.726 e. The van der Waals surface area contributed by atoms with Gasteiger partial charge in [0.15, 0.2) is 5.84 Å². The molecule has 1 aliphatic heterocycles. The molecule has 1 amide bonds. The number of primary amides is 1. The van der Waals surface area contributed by atoms with Gasteiger partial charge in [0.05, 0.1) is 27.2 Å². The van der Waals surface area contributed by atoms with Crippen molar-refractivity contribution in [2.24, 2.45) is 16.6 Å². The van der Waals surface area contributed by atoms with Crippen molar-refractivity contribution < 1.29 is 26.4 Å². The summed E-state index contributed by atoms with van der Waals surface area (Å²) < 4.78 is 32.0. The summed E-state index contributed by atoms with van der Waals surface area (Å²) in [7, 11) is -1.26. The molecule has 0 aromatic carbocycles. The second-order valence-corrected chi connectivity index (χ2v) is 16.8. The molecule has 0 aliphatic carbocycles. The highest BCUT2D eigenvalue weighted by Crippen LogP contribution is 2.23. The monoisotopic (exact) mass is 744 g/mol. The molecule has 0 spiro atoms. The van der Waals surface area contributed by atoms with Gasteiger partial charge in [-0.3, -0.25) is 13.5 Å². The first-order valence-corrected chi connectivity index (χ1v) is 23.1. The molecule has 0 saturated heterocycles. The van der Waals surface area contributed by atoms with Crippen molar-refractivity contribution in [1.82, 2.24) is 0 Å². The van der Waals surface area contributed by atoms with Crippen LogP contribution in [0, 0.1) is 5.92 Å². The van der Waals surface area contributed by atoms with Crippen molar-refractivity contribution in [3.63, 3.8) is 0 Å². The van der Waals surface area contributed by atoms with Crippen LogP contribution in [-0.2, 0) is 19.4 Å². The Morgan fingerprint density at radius 2 is 1.00 bits per heavy atom. The van der Waals surface area contributed by atoms with E-state index in [1.165, 1.54) is 186 Å². The van der Waals surface area contributed by atoms with E-state index in [-0.39, 0.29) is 11.8 Å². The van der Waals surface area contributed by atoms with Crippen LogP contribution in [0.4, 0.5) is 0 Å². The highest BCUT2D eigenvalue weighted by molar-refractivity contribution is 7.80. The summed E-state index contributed by atoms with van der Waals surface area (Å²) in [5.74, 6) is 1.32. The van der Waals surface area contributed by atoms with Crippen LogP contribution in [0.25, 0.3) is 0 Å². The largest absolute Gasteiger partial charge is 0.726 e. The third kappa shape index (κ3) is 32.1. The van der Waals surface area contributed by atoms with E-state index in [0.717, 1.165) is 56.9 Å². The highest BCUT2D eigenvalue weighted by atomic mass is 32.3. The van der Waals surface area contributed by atoms with Gasteiger partial charge in [-0.25, -0.2) is 13.4 Å². The Morgan fingerprint density at radius 3 is 1.33 bits per heavy atom. The molecule has 2 unspecified atom stereocenters. The van der Waals surface area contributed by atoms with Gasteiger partial charge in [0, 0.05) is 18.8 Å². The number of amides is 1. The molecule has 0 bridgehead atoms. The van der Waals surface area contributed by atoms with Gasteiger partial charge in [-0.2, -0.15) is 0 Å². The highest BCUT2D eigenvalue weighted by Gasteiger charge is 2.34. The lowest BCUT2D eigenvalue weighted by molar-refractivity contribution is -0.815. The first-order valence-electron chi connectivity index (χ1n) is 21.8. The third-order valence-corrected chi connectivity index (χ3v) is 11.4. The van der Waals surface area contributed by atoms with E-state index in [2.05, 4.69) is 25.1 Å². The number of rotatable bonds is 36. The normalized spacial score (nSPS) is 16.5. The summed E-state index contributed by atoms with van der Waals surface area (Å²) >= 11 is 0. The van der Waals surface area contributed by atoms with E-state index in [0.29, 0.717) is 0 Å². The maximum Gasteiger partial charge on any atom is 0.220 e. The second-order valence-electron chi connectivity index (χ2n) is 15.7. The van der Waals surface area contributed by atoms with Gasteiger partial charge in [0.1, 0.15) is 6.54 Å². The summed E-state index contributed by atoms with van der Waals surface area (Å²) in [5.41, 5.74) is 5.88. The standard InChI is InChI=1S/C41H81N3O.CH4O4S/c1-4-6-8-10-12-14-16-18-20-22-24-26-28-30-32-34-40-43-36-38-44(40,3)37-35-39(41(42)45)33-31-29-27-25-23-21-19-17-15-13-11-9-7-5-2;1-5-6(2,3)4/h39H,4-38H2,1-3H3,(H-,42,45);1H3,(H,2,3,4). The summed E-state index contributed by atoms with van der Waals surface area (Å²) in [6.07, 6.45) is 43.3. The molecule has 1 aliphatic rings. The van der Waals surface area contributed by atoms with Gasteiger partial charge >= 0.3 is 0 Å². The minimum atomic E-state index is -4.41. The topological polar surface area (TPSA) is 122 Å². The number of aliphatic imine (C=N–C) groups is 1. The van der Waals surface area contributed by atoms with Crippen LogP contribution in [-0.4, -0.2) is 63.0 Å². The molecular formula is C42H85N3O5S. The van der Waals surface area contributed by atoms with E-state index in [1.807, 2.05) is 0 Å². The van der Waals surface area contributed by atoms with Crippen molar-refractivity contribution >= 4 is 22.1 Å². The number of nitrogens with two attached hydrogens (primary N) is 1. The molecule has 0 radical (unpaired) electrons. The SMILES string of the molecule is CCCCCCCCCCCCCCCCCC1=NCC[N+]1(C)CCC(CCCCCCCCCCCCCCCC)C(N)=O.COS(=O)(=O)[O-]. The molecule has 8 nitrogen and oxygen atoms in total. The third-order valence-electron chi connectivity index (χ3n) is 11.0. The number of hydrogen-bond donors (Lipinski definition) is 1. The summed E-state index contributed by atoms with van der Waals surface area (Å²) in [6, 6.07) is 0. The van der Waals surface area contributed by atoms with E-state index < -0.39 is 10.4 Å². The second kappa shape index (κ2) is 34.7. The fourth-order valence-corrected chi connectivity index (χ4v) is 7.40. The lowest BCUT2D eigenvalue weighted by Gasteiger charge is -2.31.